The quantitative estimate of drug-likeness (QED) is 0.544. The predicted molar refractivity (Wildman–Crippen MR) is 37.5 cm³/mol. The largest absolute Gasteiger partial charge is 0.433 e. The lowest BCUT2D eigenvalue weighted by Gasteiger charge is -2.04. The predicted octanol–water partition coefficient (Wildman–Crippen LogP) is 1.76. The Hall–Kier alpha value is -1.18. The molecule has 1 rings (SSSR count). The SMILES string of the molecule is O=S(=O)(F)c1ccnc(C(F)(F)F)c1. The summed E-state index contributed by atoms with van der Waals surface area (Å²) in [7, 11) is -5.13. The van der Waals surface area contributed by atoms with E-state index in [9.17, 15) is 25.5 Å². The molecule has 3 nitrogen and oxygen atoms in total. The van der Waals surface area contributed by atoms with Gasteiger partial charge in [0.1, 0.15) is 10.6 Å². The fourth-order valence-corrected chi connectivity index (χ4v) is 1.19. The summed E-state index contributed by atoms with van der Waals surface area (Å²) in [5.41, 5.74) is -1.45. The molecule has 0 saturated heterocycles. The summed E-state index contributed by atoms with van der Waals surface area (Å²) in [6, 6.07) is 0.778. The van der Waals surface area contributed by atoms with Crippen molar-refractivity contribution in [2.75, 3.05) is 0 Å². The number of alkyl halides is 3. The highest BCUT2D eigenvalue weighted by molar-refractivity contribution is 7.86. The molecule has 0 amide bonds. The second-order valence-electron chi connectivity index (χ2n) is 2.31. The van der Waals surface area contributed by atoms with Gasteiger partial charge in [-0.05, 0) is 12.1 Å². The van der Waals surface area contributed by atoms with E-state index in [4.69, 9.17) is 0 Å². The van der Waals surface area contributed by atoms with Crippen LogP contribution in [0, 0.1) is 0 Å². The third-order valence-electron chi connectivity index (χ3n) is 1.30. The molecule has 0 aliphatic heterocycles. The third-order valence-corrected chi connectivity index (χ3v) is 2.12. The minimum atomic E-state index is -5.13. The van der Waals surface area contributed by atoms with Crippen LogP contribution in [0.4, 0.5) is 17.1 Å². The first-order valence-electron chi connectivity index (χ1n) is 3.19. The van der Waals surface area contributed by atoms with E-state index in [2.05, 4.69) is 4.98 Å². The monoisotopic (exact) mass is 229 g/mol. The van der Waals surface area contributed by atoms with Gasteiger partial charge in [0, 0.05) is 6.20 Å². The van der Waals surface area contributed by atoms with Gasteiger partial charge in [-0.2, -0.15) is 21.6 Å². The Morgan fingerprint density at radius 2 is 1.86 bits per heavy atom. The zero-order valence-electron chi connectivity index (χ0n) is 6.42. The van der Waals surface area contributed by atoms with Gasteiger partial charge in [0.05, 0.1) is 0 Å². The summed E-state index contributed by atoms with van der Waals surface area (Å²) in [5, 5.41) is 0. The smallest absolute Gasteiger partial charge is 0.252 e. The van der Waals surface area contributed by atoms with Crippen LogP contribution in [0.15, 0.2) is 23.2 Å². The van der Waals surface area contributed by atoms with Crippen LogP contribution >= 0.6 is 0 Å². The highest BCUT2D eigenvalue weighted by Gasteiger charge is 2.33. The van der Waals surface area contributed by atoms with Gasteiger partial charge in [-0.15, -0.1) is 3.89 Å². The fourth-order valence-electron chi connectivity index (χ4n) is 0.718. The van der Waals surface area contributed by atoms with Crippen LogP contribution in [0.5, 0.6) is 0 Å². The molecule has 0 aliphatic carbocycles. The van der Waals surface area contributed by atoms with Crippen molar-refractivity contribution in [3.8, 4) is 0 Å². The van der Waals surface area contributed by atoms with Crippen molar-refractivity contribution in [3.63, 3.8) is 0 Å². The van der Waals surface area contributed by atoms with Crippen molar-refractivity contribution >= 4 is 10.2 Å². The van der Waals surface area contributed by atoms with Gasteiger partial charge < -0.3 is 0 Å². The van der Waals surface area contributed by atoms with Crippen LogP contribution < -0.4 is 0 Å². The Kier molecular flexibility index (Phi) is 2.49. The fraction of sp³-hybridized carbons (Fsp3) is 0.167. The highest BCUT2D eigenvalue weighted by Crippen LogP contribution is 2.28. The Bertz CT molecular complexity index is 439. The minimum absolute atomic E-state index is 0.134. The summed E-state index contributed by atoms with van der Waals surface area (Å²) < 4.78 is 68.7. The van der Waals surface area contributed by atoms with Crippen molar-refractivity contribution in [2.45, 2.75) is 11.1 Å². The van der Waals surface area contributed by atoms with Gasteiger partial charge in [-0.25, -0.2) is 0 Å². The Morgan fingerprint density at radius 1 is 1.29 bits per heavy atom. The molecule has 0 radical (unpaired) electrons. The molecule has 0 atom stereocenters. The third kappa shape index (κ3) is 2.41. The summed E-state index contributed by atoms with van der Waals surface area (Å²) in [4.78, 5) is 1.81. The van der Waals surface area contributed by atoms with Crippen molar-refractivity contribution in [2.24, 2.45) is 0 Å². The standard InChI is InChI=1S/C6H3F4NO2S/c7-6(8,9)5-3-4(1-2-11-5)14(10,12)13/h1-3H. The lowest BCUT2D eigenvalue weighted by Crippen LogP contribution is -2.08. The summed E-state index contributed by atoms with van der Waals surface area (Å²) in [6.07, 6.45) is -4.21. The Morgan fingerprint density at radius 3 is 2.29 bits per heavy atom. The van der Waals surface area contributed by atoms with Crippen LogP contribution in [0.3, 0.4) is 0 Å². The lowest BCUT2D eigenvalue weighted by atomic mass is 10.3. The van der Waals surface area contributed by atoms with Crippen LogP contribution in [0.1, 0.15) is 5.69 Å². The van der Waals surface area contributed by atoms with Gasteiger partial charge in [-0.1, -0.05) is 0 Å². The number of rotatable bonds is 1. The second-order valence-corrected chi connectivity index (χ2v) is 3.66. The van der Waals surface area contributed by atoms with Crippen molar-refractivity contribution in [3.05, 3.63) is 24.0 Å². The molecule has 0 saturated carbocycles. The van der Waals surface area contributed by atoms with Crippen molar-refractivity contribution < 1.29 is 25.5 Å². The zero-order chi connectivity index (χ0) is 11.0. The van der Waals surface area contributed by atoms with Gasteiger partial charge in [-0.3, -0.25) is 4.98 Å². The maximum atomic E-state index is 12.3. The molecule has 1 aromatic heterocycles. The molecule has 78 valence electrons. The van der Waals surface area contributed by atoms with Crippen LogP contribution in [-0.2, 0) is 16.4 Å². The molecule has 0 spiro atoms. The van der Waals surface area contributed by atoms with E-state index in [1.165, 1.54) is 0 Å². The van der Waals surface area contributed by atoms with E-state index in [1.54, 1.807) is 0 Å². The van der Waals surface area contributed by atoms with Crippen molar-refractivity contribution in [1.82, 2.24) is 4.98 Å². The number of nitrogens with zero attached hydrogens (tertiary/aromatic N) is 1. The minimum Gasteiger partial charge on any atom is -0.252 e. The van der Waals surface area contributed by atoms with E-state index in [0.717, 1.165) is 0 Å². The zero-order valence-corrected chi connectivity index (χ0v) is 7.23. The highest BCUT2D eigenvalue weighted by atomic mass is 32.3. The molecule has 0 aliphatic rings. The van der Waals surface area contributed by atoms with Crippen LogP contribution in [0.2, 0.25) is 0 Å². The molecule has 0 bridgehead atoms. The van der Waals surface area contributed by atoms with Gasteiger partial charge in [0.15, 0.2) is 0 Å². The second kappa shape index (κ2) is 3.19. The van der Waals surface area contributed by atoms with E-state index in [-0.39, 0.29) is 6.07 Å². The molecule has 0 unspecified atom stereocenters. The average Bonchev–Trinajstić information content (AvgIpc) is 2.01. The first-order chi connectivity index (χ1) is 6.21. The summed E-state index contributed by atoms with van der Waals surface area (Å²) >= 11 is 0. The van der Waals surface area contributed by atoms with E-state index < -0.39 is 27.0 Å². The molecule has 1 aromatic rings. The Balaban J connectivity index is 3.29. The molecule has 14 heavy (non-hydrogen) atoms. The van der Waals surface area contributed by atoms with Crippen LogP contribution in [0.25, 0.3) is 0 Å². The van der Waals surface area contributed by atoms with E-state index in [1.807, 2.05) is 0 Å². The summed E-state index contributed by atoms with van der Waals surface area (Å²) in [5.74, 6) is 0. The summed E-state index contributed by atoms with van der Waals surface area (Å²) in [6.45, 7) is 0. The number of hydrogen-bond donors (Lipinski definition) is 0. The number of hydrogen-bond acceptors (Lipinski definition) is 3. The Labute approximate surface area is 76.6 Å². The first-order valence-corrected chi connectivity index (χ1v) is 4.57. The number of aromatic nitrogens is 1. The van der Waals surface area contributed by atoms with Crippen molar-refractivity contribution in [1.29, 1.82) is 0 Å². The van der Waals surface area contributed by atoms with E-state index >= 15 is 0 Å². The van der Waals surface area contributed by atoms with Gasteiger partial charge in [0.2, 0.25) is 0 Å². The molecule has 8 heteroatoms. The van der Waals surface area contributed by atoms with E-state index in [0.29, 0.717) is 12.3 Å². The molecule has 1 heterocycles. The molecule has 0 fully saturated rings. The molecule has 0 N–H and O–H groups in total. The maximum Gasteiger partial charge on any atom is 0.433 e. The average molecular weight is 229 g/mol. The lowest BCUT2D eigenvalue weighted by molar-refractivity contribution is -0.141. The molecule has 0 aromatic carbocycles. The van der Waals surface area contributed by atoms with Gasteiger partial charge in [0.25, 0.3) is 0 Å². The topological polar surface area (TPSA) is 47.0 Å². The van der Waals surface area contributed by atoms with Crippen LogP contribution in [-0.4, -0.2) is 13.4 Å². The number of pyridine rings is 1. The first kappa shape index (κ1) is 10.9. The maximum absolute atomic E-state index is 12.3. The normalized spacial score (nSPS) is 12.9. The van der Waals surface area contributed by atoms with Gasteiger partial charge >= 0.3 is 16.4 Å². The number of halogens is 4. The molecular weight excluding hydrogens is 226 g/mol. The molecular formula is C6H3F4NO2S.